The summed E-state index contributed by atoms with van der Waals surface area (Å²) in [4.78, 5) is 0. The van der Waals surface area contributed by atoms with Gasteiger partial charge in [-0.3, -0.25) is 0 Å². The van der Waals surface area contributed by atoms with E-state index in [1.54, 1.807) is 14.2 Å². The van der Waals surface area contributed by atoms with Crippen LogP contribution in [-0.4, -0.2) is 27.8 Å². The molecule has 0 aliphatic heterocycles. The van der Waals surface area contributed by atoms with Crippen LogP contribution in [0.15, 0.2) is 103 Å². The van der Waals surface area contributed by atoms with Crippen molar-refractivity contribution in [3.8, 4) is 33.6 Å². The Balaban J connectivity index is 0.000000623. The van der Waals surface area contributed by atoms with E-state index >= 15 is 0 Å². The lowest BCUT2D eigenvalue weighted by Gasteiger charge is -2.16. The molecule has 1 heterocycles. The fourth-order valence-corrected chi connectivity index (χ4v) is 3.71. The molecule has 0 spiro atoms. The predicted octanol–water partition coefficient (Wildman–Crippen LogP) is 6.89. The normalized spacial score (nSPS) is 11.2. The first-order valence-corrected chi connectivity index (χ1v) is 11.0. The number of nitrogens with zero attached hydrogens (tertiary/aromatic N) is 1. The van der Waals surface area contributed by atoms with Crippen molar-refractivity contribution in [2.24, 2.45) is 0 Å². The molecule has 4 rings (SSSR count). The van der Waals surface area contributed by atoms with Crippen LogP contribution in [-0.2, 0) is 16.0 Å². The first-order valence-electron chi connectivity index (χ1n) is 11.0. The van der Waals surface area contributed by atoms with Gasteiger partial charge >= 0.3 is 7.25 Å². The molecule has 0 bridgehead atoms. The fraction of sp³-hybridized carbons (Fsp3) is 0.148. The second kappa shape index (κ2) is 12.3. The quantitative estimate of drug-likeness (QED) is 0.124. The van der Waals surface area contributed by atoms with E-state index in [1.807, 2.05) is 18.2 Å². The van der Waals surface area contributed by atoms with Crippen molar-refractivity contribution in [1.29, 1.82) is 0 Å². The Morgan fingerprint density at radius 2 is 0.943 bits per heavy atom. The fourth-order valence-electron chi connectivity index (χ4n) is 3.71. The van der Waals surface area contributed by atoms with Gasteiger partial charge < -0.3 is 26.7 Å². The topological polar surface area (TPSA) is 22.3 Å². The van der Waals surface area contributed by atoms with Crippen LogP contribution in [0.1, 0.15) is 0 Å². The van der Waals surface area contributed by atoms with Crippen LogP contribution in [0, 0.1) is 0 Å². The van der Waals surface area contributed by atoms with Gasteiger partial charge in [-0.15, -0.1) is 0 Å². The summed E-state index contributed by atoms with van der Waals surface area (Å²) >= 11 is 0. The summed E-state index contributed by atoms with van der Waals surface area (Å²) in [6.07, 6.45) is -0.345. The molecule has 1 aromatic heterocycles. The molecule has 0 fully saturated rings. The third kappa shape index (κ3) is 7.77. The lowest BCUT2D eigenvalue weighted by molar-refractivity contribution is -0.689. The first kappa shape index (κ1) is 26.1. The molecule has 3 nitrogen and oxygen atoms in total. The van der Waals surface area contributed by atoms with Gasteiger partial charge in [0.2, 0.25) is 17.7 Å². The van der Waals surface area contributed by atoms with E-state index in [0.717, 1.165) is 22.5 Å². The number of benzene rings is 3. The molecule has 8 heteroatoms. The highest BCUT2D eigenvalue weighted by Crippen LogP contribution is 2.29. The van der Waals surface area contributed by atoms with Gasteiger partial charge in [0.25, 0.3) is 0 Å². The SMILES string of the molecule is COC(C[n+]1c(-c2ccccc2)cc(-c2ccccc2)cc1-c1ccccc1)OC.F[B-](F)(F)F. The minimum absolute atomic E-state index is 0.345. The van der Waals surface area contributed by atoms with Gasteiger partial charge in [-0.05, 0) is 35.4 Å². The van der Waals surface area contributed by atoms with E-state index in [1.165, 1.54) is 11.1 Å². The van der Waals surface area contributed by atoms with Crippen LogP contribution >= 0.6 is 0 Å². The summed E-state index contributed by atoms with van der Waals surface area (Å²) in [5, 5.41) is 0. The van der Waals surface area contributed by atoms with Crippen LogP contribution in [0.3, 0.4) is 0 Å². The van der Waals surface area contributed by atoms with Crippen LogP contribution in [0.5, 0.6) is 0 Å². The Morgan fingerprint density at radius 3 is 1.29 bits per heavy atom. The lowest BCUT2D eigenvalue weighted by Crippen LogP contribution is -2.45. The van der Waals surface area contributed by atoms with Crippen molar-refractivity contribution < 1.29 is 31.3 Å². The summed E-state index contributed by atoms with van der Waals surface area (Å²) in [7, 11) is -2.64. The zero-order valence-corrected chi connectivity index (χ0v) is 19.5. The number of ether oxygens (including phenoxy) is 2. The summed E-state index contributed by atoms with van der Waals surface area (Å²) in [6.45, 7) is 0.580. The van der Waals surface area contributed by atoms with Crippen molar-refractivity contribution in [3.05, 3.63) is 103 Å². The maximum absolute atomic E-state index is 9.75. The van der Waals surface area contributed by atoms with Crippen molar-refractivity contribution in [2.45, 2.75) is 12.8 Å². The number of pyridine rings is 1. The molecule has 0 unspecified atom stereocenters. The van der Waals surface area contributed by atoms with Gasteiger partial charge in [-0.25, -0.2) is 0 Å². The molecule has 0 N–H and O–H groups in total. The number of rotatable bonds is 7. The third-order valence-electron chi connectivity index (χ3n) is 5.27. The third-order valence-corrected chi connectivity index (χ3v) is 5.27. The van der Waals surface area contributed by atoms with Gasteiger partial charge in [0.1, 0.15) is 0 Å². The van der Waals surface area contributed by atoms with Crippen LogP contribution in [0.4, 0.5) is 17.3 Å². The second-order valence-corrected chi connectivity index (χ2v) is 7.62. The van der Waals surface area contributed by atoms with Crippen molar-refractivity contribution in [3.63, 3.8) is 0 Å². The average molecular weight is 483 g/mol. The largest absolute Gasteiger partial charge is 0.673 e. The Bertz CT molecular complexity index is 1120. The van der Waals surface area contributed by atoms with Gasteiger partial charge in [0.15, 0.2) is 6.54 Å². The maximum Gasteiger partial charge on any atom is 0.673 e. The Morgan fingerprint density at radius 1 is 0.600 bits per heavy atom. The smallest absolute Gasteiger partial charge is 0.418 e. The standard InChI is InChI=1S/C27H26NO2.BF4/c1-29-27(30-2)20-28-25(22-14-8-4-9-15-22)18-24(21-12-6-3-7-13-21)19-26(28)23-16-10-5-11-17-23;2-1(3,4)5/h3-19,27H,20H2,1-2H3;/q+1;-1. The van der Waals surface area contributed by atoms with Crippen LogP contribution < -0.4 is 4.57 Å². The molecule has 0 amide bonds. The molecule has 0 aliphatic carbocycles. The highest BCUT2D eigenvalue weighted by Gasteiger charge is 2.25. The molecule has 0 saturated carbocycles. The van der Waals surface area contributed by atoms with E-state index in [9.17, 15) is 17.3 Å². The zero-order chi connectivity index (χ0) is 25.3. The van der Waals surface area contributed by atoms with E-state index in [0.29, 0.717) is 6.54 Å². The average Bonchev–Trinajstić information content (AvgIpc) is 2.87. The molecule has 35 heavy (non-hydrogen) atoms. The number of methoxy groups -OCH3 is 2. The monoisotopic (exact) mass is 483 g/mol. The van der Waals surface area contributed by atoms with Gasteiger partial charge in [0.05, 0.1) is 0 Å². The Labute approximate surface area is 202 Å². The molecule has 0 saturated heterocycles. The summed E-state index contributed by atoms with van der Waals surface area (Å²) < 4.78 is 52.4. The van der Waals surface area contributed by atoms with Crippen LogP contribution in [0.2, 0.25) is 0 Å². The Kier molecular flexibility index (Phi) is 9.17. The summed E-state index contributed by atoms with van der Waals surface area (Å²) in [6, 6.07) is 35.9. The van der Waals surface area contributed by atoms with Gasteiger partial charge in [0, 0.05) is 37.5 Å². The van der Waals surface area contributed by atoms with E-state index in [-0.39, 0.29) is 6.29 Å². The highest BCUT2D eigenvalue weighted by atomic mass is 19.5. The number of aromatic nitrogens is 1. The van der Waals surface area contributed by atoms with Crippen molar-refractivity contribution >= 4 is 7.25 Å². The molecule has 182 valence electrons. The molecular formula is C27H26BF4NO2. The molecule has 0 aliphatic rings. The molecule has 0 atom stereocenters. The molecule has 0 radical (unpaired) electrons. The van der Waals surface area contributed by atoms with Gasteiger partial charge in [-0.1, -0.05) is 66.7 Å². The minimum atomic E-state index is -6.00. The lowest BCUT2D eigenvalue weighted by atomic mass is 9.99. The number of hydrogen-bond donors (Lipinski definition) is 0. The van der Waals surface area contributed by atoms with Crippen LogP contribution in [0.25, 0.3) is 33.6 Å². The van der Waals surface area contributed by atoms with Crippen molar-refractivity contribution in [2.75, 3.05) is 14.2 Å². The van der Waals surface area contributed by atoms with Gasteiger partial charge in [-0.2, -0.15) is 4.57 Å². The predicted molar refractivity (Wildman–Crippen MR) is 131 cm³/mol. The molecular weight excluding hydrogens is 457 g/mol. The highest BCUT2D eigenvalue weighted by molar-refractivity contribution is 6.50. The van der Waals surface area contributed by atoms with E-state index < -0.39 is 7.25 Å². The van der Waals surface area contributed by atoms with Crippen molar-refractivity contribution in [1.82, 2.24) is 0 Å². The number of hydrogen-bond acceptors (Lipinski definition) is 2. The molecule has 3 aromatic carbocycles. The Hall–Kier alpha value is -3.49. The summed E-state index contributed by atoms with van der Waals surface area (Å²) in [5.41, 5.74) is 6.91. The second-order valence-electron chi connectivity index (χ2n) is 7.62. The zero-order valence-electron chi connectivity index (χ0n) is 19.5. The molecule has 4 aromatic rings. The number of halogens is 4. The van der Waals surface area contributed by atoms with E-state index in [2.05, 4.69) is 89.5 Å². The first-order chi connectivity index (χ1) is 16.8. The summed E-state index contributed by atoms with van der Waals surface area (Å²) in [5.74, 6) is 0. The maximum atomic E-state index is 9.75. The minimum Gasteiger partial charge on any atom is -0.418 e. The van der Waals surface area contributed by atoms with E-state index in [4.69, 9.17) is 9.47 Å².